The smallest absolute Gasteiger partial charge is 0.422 e. The second kappa shape index (κ2) is 7.96. The van der Waals surface area contributed by atoms with Crippen molar-refractivity contribution in [3.05, 3.63) is 24.3 Å². The van der Waals surface area contributed by atoms with Crippen LogP contribution >= 0.6 is 0 Å². The third-order valence-electron chi connectivity index (χ3n) is 7.83. The van der Waals surface area contributed by atoms with Crippen LogP contribution in [0.5, 0.6) is 5.75 Å². The highest BCUT2D eigenvalue weighted by Crippen LogP contribution is 2.60. The number of benzene rings is 1. The number of carbonyl (C=O) groups is 2. The van der Waals surface area contributed by atoms with Gasteiger partial charge in [0.05, 0.1) is 5.41 Å². The van der Waals surface area contributed by atoms with Gasteiger partial charge in [-0.25, -0.2) is 0 Å². The molecular formula is C24H29F3N2O3. The molecule has 0 unspecified atom stereocenters. The van der Waals surface area contributed by atoms with E-state index in [1.54, 1.807) is 0 Å². The quantitative estimate of drug-likeness (QED) is 0.703. The Kier molecular flexibility index (Phi) is 5.37. The Morgan fingerprint density at radius 2 is 1.62 bits per heavy atom. The third kappa shape index (κ3) is 4.20. The highest BCUT2D eigenvalue weighted by molar-refractivity contribution is 5.98. The number of likely N-dealkylation sites (tertiary alicyclic amines) is 1. The summed E-state index contributed by atoms with van der Waals surface area (Å²) < 4.78 is 41.6. The topological polar surface area (TPSA) is 58.6 Å². The predicted molar refractivity (Wildman–Crippen MR) is 112 cm³/mol. The molecule has 1 aromatic rings. The van der Waals surface area contributed by atoms with Gasteiger partial charge in [-0.3, -0.25) is 9.59 Å². The van der Waals surface area contributed by atoms with E-state index in [1.807, 2.05) is 4.90 Å². The van der Waals surface area contributed by atoms with Gasteiger partial charge in [-0.05, 0) is 93.4 Å². The van der Waals surface area contributed by atoms with Crippen molar-refractivity contribution in [2.24, 2.45) is 23.2 Å². The number of amides is 2. The molecule has 1 aromatic carbocycles. The molecule has 0 radical (unpaired) electrons. The molecule has 0 spiro atoms. The number of nitrogens with one attached hydrogen (secondary N) is 1. The molecule has 1 aliphatic heterocycles. The molecule has 2 amide bonds. The molecule has 5 fully saturated rings. The molecule has 1 saturated heterocycles. The van der Waals surface area contributed by atoms with E-state index in [2.05, 4.69) is 5.32 Å². The van der Waals surface area contributed by atoms with Crippen LogP contribution in [0.4, 0.5) is 18.9 Å². The van der Waals surface area contributed by atoms with E-state index >= 15 is 0 Å². The molecule has 6 rings (SSSR count). The zero-order chi connectivity index (χ0) is 22.5. The van der Waals surface area contributed by atoms with Gasteiger partial charge in [-0.2, -0.15) is 13.2 Å². The van der Waals surface area contributed by atoms with Crippen molar-refractivity contribution in [3.63, 3.8) is 0 Å². The van der Waals surface area contributed by atoms with E-state index in [9.17, 15) is 22.8 Å². The normalized spacial score (nSPS) is 33.4. The Morgan fingerprint density at radius 1 is 1.03 bits per heavy atom. The monoisotopic (exact) mass is 450 g/mol. The van der Waals surface area contributed by atoms with Crippen molar-refractivity contribution in [3.8, 4) is 5.75 Å². The van der Waals surface area contributed by atoms with Crippen molar-refractivity contribution in [1.82, 2.24) is 4.90 Å². The first-order valence-corrected chi connectivity index (χ1v) is 11.6. The van der Waals surface area contributed by atoms with Gasteiger partial charge in [0.1, 0.15) is 11.8 Å². The van der Waals surface area contributed by atoms with E-state index in [0.717, 1.165) is 25.7 Å². The van der Waals surface area contributed by atoms with Gasteiger partial charge in [-0.15, -0.1) is 0 Å². The van der Waals surface area contributed by atoms with Crippen molar-refractivity contribution in [2.45, 2.75) is 63.6 Å². The standard InChI is InChI=1S/C24H29F3N2O3/c25-24(26,27)14-32-19-5-3-18(4-6-19)28-21(30)20-2-1-7-29(20)22(31)23-11-15-8-16(12-23)10-17(9-15)13-23/h3-6,15-17,20H,1-2,7-14H2,(H,28,30)/t15?,16?,17?,20-,23?/m1/s1. The lowest BCUT2D eigenvalue weighted by molar-refractivity contribution is -0.160. The summed E-state index contributed by atoms with van der Waals surface area (Å²) in [5, 5.41) is 2.83. The minimum Gasteiger partial charge on any atom is -0.484 e. The Balaban J connectivity index is 1.23. The summed E-state index contributed by atoms with van der Waals surface area (Å²) in [5.74, 6) is 2.02. The minimum atomic E-state index is -4.40. The average Bonchev–Trinajstić information content (AvgIpc) is 3.21. The fraction of sp³-hybridized carbons (Fsp3) is 0.667. The van der Waals surface area contributed by atoms with Gasteiger partial charge in [-0.1, -0.05) is 0 Å². The van der Waals surface area contributed by atoms with Crippen LogP contribution in [-0.2, 0) is 9.59 Å². The average molecular weight is 451 g/mol. The first kappa shape index (κ1) is 21.6. The van der Waals surface area contributed by atoms with E-state index in [0.29, 0.717) is 36.4 Å². The van der Waals surface area contributed by atoms with Gasteiger partial charge < -0.3 is 15.0 Å². The number of carbonyl (C=O) groups excluding carboxylic acids is 2. The Bertz CT molecular complexity index is 848. The SMILES string of the molecule is O=C(Nc1ccc(OCC(F)(F)F)cc1)[C@H]1CCCN1C(=O)C12CC3CC(CC(C3)C1)C2. The van der Waals surface area contributed by atoms with Gasteiger partial charge in [0.15, 0.2) is 6.61 Å². The molecule has 32 heavy (non-hydrogen) atoms. The number of halogens is 3. The summed E-state index contributed by atoms with van der Waals surface area (Å²) in [6.07, 6.45) is 3.75. The molecule has 8 heteroatoms. The van der Waals surface area contributed by atoms with Crippen molar-refractivity contribution >= 4 is 17.5 Å². The molecule has 1 atom stereocenters. The number of nitrogens with zero attached hydrogens (tertiary/aromatic N) is 1. The largest absolute Gasteiger partial charge is 0.484 e. The molecule has 4 bridgehead atoms. The zero-order valence-corrected chi connectivity index (χ0v) is 18.0. The summed E-state index contributed by atoms with van der Waals surface area (Å²) in [6, 6.07) is 5.34. The van der Waals surface area contributed by atoms with Crippen LogP contribution in [0.15, 0.2) is 24.3 Å². The van der Waals surface area contributed by atoms with Gasteiger partial charge >= 0.3 is 6.18 Å². The summed E-state index contributed by atoms with van der Waals surface area (Å²) in [7, 11) is 0. The van der Waals surface area contributed by atoms with Crippen LogP contribution in [0.1, 0.15) is 51.4 Å². The van der Waals surface area contributed by atoms with Crippen LogP contribution < -0.4 is 10.1 Å². The minimum absolute atomic E-state index is 0.0832. The van der Waals surface area contributed by atoms with Gasteiger partial charge in [0.25, 0.3) is 0 Å². The number of hydrogen-bond donors (Lipinski definition) is 1. The maximum atomic E-state index is 13.7. The number of ether oxygens (including phenoxy) is 1. The fourth-order valence-corrected chi connectivity index (χ4v) is 6.98. The number of hydrogen-bond acceptors (Lipinski definition) is 3. The summed E-state index contributed by atoms with van der Waals surface area (Å²) >= 11 is 0. The van der Waals surface area contributed by atoms with Crippen LogP contribution in [0.3, 0.4) is 0 Å². The molecule has 1 heterocycles. The molecule has 4 aliphatic carbocycles. The molecule has 1 N–H and O–H groups in total. The van der Waals surface area contributed by atoms with E-state index in [-0.39, 0.29) is 23.0 Å². The lowest BCUT2D eigenvalue weighted by Crippen LogP contribution is -2.56. The molecule has 174 valence electrons. The first-order chi connectivity index (χ1) is 15.2. The summed E-state index contributed by atoms with van der Waals surface area (Å²) in [5.41, 5.74) is 0.207. The highest BCUT2D eigenvalue weighted by Gasteiger charge is 2.56. The van der Waals surface area contributed by atoms with Crippen molar-refractivity contribution in [1.29, 1.82) is 0 Å². The van der Waals surface area contributed by atoms with Crippen molar-refractivity contribution < 1.29 is 27.5 Å². The highest BCUT2D eigenvalue weighted by atomic mass is 19.4. The van der Waals surface area contributed by atoms with Crippen LogP contribution in [0.25, 0.3) is 0 Å². The Labute approximate surface area is 185 Å². The Morgan fingerprint density at radius 3 is 2.19 bits per heavy atom. The number of alkyl halides is 3. The molecule has 0 aromatic heterocycles. The summed E-state index contributed by atoms with van der Waals surface area (Å²) in [4.78, 5) is 28.5. The van der Waals surface area contributed by atoms with Crippen molar-refractivity contribution in [2.75, 3.05) is 18.5 Å². The molecule has 5 aliphatic rings. The maximum Gasteiger partial charge on any atom is 0.422 e. The lowest BCUT2D eigenvalue weighted by Gasteiger charge is -2.56. The van der Waals surface area contributed by atoms with E-state index < -0.39 is 18.8 Å². The lowest BCUT2D eigenvalue weighted by atomic mass is 9.49. The third-order valence-corrected chi connectivity index (χ3v) is 7.83. The molecular weight excluding hydrogens is 421 g/mol. The van der Waals surface area contributed by atoms with Crippen LogP contribution in [-0.4, -0.2) is 42.1 Å². The second-order valence-corrected chi connectivity index (χ2v) is 10.3. The van der Waals surface area contributed by atoms with E-state index in [4.69, 9.17) is 4.74 Å². The van der Waals surface area contributed by atoms with Gasteiger partial charge in [0.2, 0.25) is 11.8 Å². The van der Waals surface area contributed by atoms with E-state index in [1.165, 1.54) is 43.5 Å². The summed E-state index contributed by atoms with van der Waals surface area (Å²) in [6.45, 7) is -0.745. The fourth-order valence-electron chi connectivity index (χ4n) is 6.98. The second-order valence-electron chi connectivity index (χ2n) is 10.3. The zero-order valence-electron chi connectivity index (χ0n) is 18.0. The van der Waals surface area contributed by atoms with Crippen LogP contribution in [0, 0.1) is 23.2 Å². The predicted octanol–water partition coefficient (Wildman–Crippen LogP) is 4.77. The molecule has 5 nitrogen and oxygen atoms in total. The molecule has 4 saturated carbocycles. The number of anilines is 1. The maximum absolute atomic E-state index is 13.7. The number of rotatable bonds is 5. The van der Waals surface area contributed by atoms with Gasteiger partial charge in [0, 0.05) is 12.2 Å². The first-order valence-electron chi connectivity index (χ1n) is 11.6. The Hall–Kier alpha value is -2.25. The van der Waals surface area contributed by atoms with Crippen LogP contribution in [0.2, 0.25) is 0 Å².